The van der Waals surface area contributed by atoms with E-state index in [1.165, 1.54) is 4.90 Å². The fourth-order valence-electron chi connectivity index (χ4n) is 1.84. The van der Waals surface area contributed by atoms with Gasteiger partial charge in [0.05, 0.1) is 17.3 Å². The Kier molecular flexibility index (Phi) is 3.25. The van der Waals surface area contributed by atoms with Gasteiger partial charge in [-0.1, -0.05) is 6.07 Å². The van der Waals surface area contributed by atoms with Crippen LogP contribution in [-0.4, -0.2) is 18.2 Å². The van der Waals surface area contributed by atoms with Crippen molar-refractivity contribution in [2.75, 3.05) is 11.4 Å². The Morgan fingerprint density at radius 1 is 1.35 bits per heavy atom. The number of carbonyl (C=O) groups is 2. The third-order valence-electron chi connectivity index (χ3n) is 2.61. The molecule has 1 aliphatic rings. The Morgan fingerprint density at radius 3 is 2.82 bits per heavy atom. The number of ketones is 1. The maximum Gasteiger partial charge on any atom is 0.299 e. The Labute approximate surface area is 107 Å². The second-order valence-electron chi connectivity index (χ2n) is 3.68. The molecule has 1 aliphatic heterocycles. The molecule has 1 aromatic carbocycles. The quantitative estimate of drug-likeness (QED) is 0.634. The van der Waals surface area contributed by atoms with Gasteiger partial charge in [-0.3, -0.25) is 9.59 Å². The summed E-state index contributed by atoms with van der Waals surface area (Å²) in [5, 5.41) is 8.48. The van der Waals surface area contributed by atoms with E-state index in [2.05, 4.69) is 15.9 Å². The smallest absolute Gasteiger partial charge is 0.299 e. The molecule has 0 unspecified atom stereocenters. The van der Waals surface area contributed by atoms with Crippen molar-refractivity contribution in [3.05, 3.63) is 28.2 Å². The molecule has 1 aromatic rings. The first-order chi connectivity index (χ1) is 8.16. The molecule has 0 saturated heterocycles. The zero-order chi connectivity index (χ0) is 12.4. The van der Waals surface area contributed by atoms with Crippen molar-refractivity contribution in [2.24, 2.45) is 0 Å². The van der Waals surface area contributed by atoms with E-state index in [1.54, 1.807) is 18.2 Å². The molecule has 2 rings (SSSR count). The van der Waals surface area contributed by atoms with Gasteiger partial charge in [-0.2, -0.15) is 5.26 Å². The number of rotatable bonds is 3. The number of anilines is 1. The SMILES string of the molecule is N#CCCCN1C(=O)C(=O)c2cccc(Br)c21. The fraction of sp³-hybridized carbons (Fsp3) is 0.250. The summed E-state index contributed by atoms with van der Waals surface area (Å²) < 4.78 is 0.728. The molecule has 0 N–H and O–H groups in total. The Hall–Kier alpha value is -1.67. The highest BCUT2D eigenvalue weighted by Gasteiger charge is 2.36. The van der Waals surface area contributed by atoms with Gasteiger partial charge < -0.3 is 4.90 Å². The van der Waals surface area contributed by atoms with E-state index in [1.807, 2.05) is 6.07 Å². The summed E-state index contributed by atoms with van der Waals surface area (Å²) in [5.74, 6) is -0.983. The van der Waals surface area contributed by atoms with Gasteiger partial charge in [-0.15, -0.1) is 0 Å². The molecule has 17 heavy (non-hydrogen) atoms. The molecule has 86 valence electrons. The summed E-state index contributed by atoms with van der Waals surface area (Å²) in [7, 11) is 0. The maximum absolute atomic E-state index is 11.8. The summed E-state index contributed by atoms with van der Waals surface area (Å²) in [6.07, 6.45) is 0.939. The first kappa shape index (κ1) is 11.8. The number of nitriles is 1. The Morgan fingerprint density at radius 2 is 2.12 bits per heavy atom. The highest BCUT2D eigenvalue weighted by atomic mass is 79.9. The number of Topliss-reactive ketones (excluding diaryl/α,β-unsaturated/α-hetero) is 1. The Bertz CT molecular complexity index is 534. The highest BCUT2D eigenvalue weighted by molar-refractivity contribution is 9.10. The predicted molar refractivity (Wildman–Crippen MR) is 65.7 cm³/mol. The minimum Gasteiger partial charge on any atom is -0.304 e. The van der Waals surface area contributed by atoms with Crippen molar-refractivity contribution < 1.29 is 9.59 Å². The third kappa shape index (κ3) is 1.96. The molecule has 0 spiro atoms. The minimum absolute atomic E-state index is 0.373. The molecule has 0 saturated carbocycles. The number of hydrogen-bond acceptors (Lipinski definition) is 3. The number of unbranched alkanes of at least 4 members (excludes halogenated alkanes) is 1. The number of carbonyl (C=O) groups excluding carboxylic acids is 2. The number of amides is 1. The van der Waals surface area contributed by atoms with Crippen LogP contribution < -0.4 is 4.90 Å². The van der Waals surface area contributed by atoms with E-state index >= 15 is 0 Å². The average Bonchev–Trinajstić information content (AvgIpc) is 2.56. The molecule has 0 bridgehead atoms. The van der Waals surface area contributed by atoms with Crippen molar-refractivity contribution in [3.63, 3.8) is 0 Å². The molecule has 0 radical (unpaired) electrons. The second-order valence-corrected chi connectivity index (χ2v) is 4.54. The van der Waals surface area contributed by atoms with E-state index in [0.29, 0.717) is 30.6 Å². The lowest BCUT2D eigenvalue weighted by molar-refractivity contribution is -0.114. The fourth-order valence-corrected chi connectivity index (χ4v) is 2.42. The van der Waals surface area contributed by atoms with Crippen LogP contribution >= 0.6 is 15.9 Å². The molecule has 0 aromatic heterocycles. The maximum atomic E-state index is 11.8. The van der Waals surface area contributed by atoms with Crippen LogP contribution in [0.4, 0.5) is 5.69 Å². The van der Waals surface area contributed by atoms with Crippen LogP contribution in [0.1, 0.15) is 23.2 Å². The summed E-state index contributed by atoms with van der Waals surface area (Å²) in [6.45, 7) is 0.397. The van der Waals surface area contributed by atoms with Crippen LogP contribution in [0, 0.1) is 11.3 Å². The van der Waals surface area contributed by atoms with Gasteiger partial charge in [0, 0.05) is 17.4 Å². The Balaban J connectivity index is 2.34. The van der Waals surface area contributed by atoms with E-state index in [0.717, 1.165) is 4.47 Å². The summed E-state index contributed by atoms with van der Waals surface area (Å²) in [5.41, 5.74) is 1.06. The zero-order valence-corrected chi connectivity index (χ0v) is 10.5. The molecule has 0 aliphatic carbocycles. The van der Waals surface area contributed by atoms with Gasteiger partial charge in [0.15, 0.2) is 0 Å². The molecule has 0 atom stereocenters. The topological polar surface area (TPSA) is 61.2 Å². The number of benzene rings is 1. The summed E-state index contributed by atoms with van der Waals surface area (Å²) in [6, 6.07) is 7.19. The van der Waals surface area contributed by atoms with Crippen molar-refractivity contribution >= 4 is 33.3 Å². The first-order valence-corrected chi connectivity index (χ1v) is 5.97. The molecular weight excluding hydrogens is 284 g/mol. The van der Waals surface area contributed by atoms with Crippen LogP contribution in [0.5, 0.6) is 0 Å². The van der Waals surface area contributed by atoms with E-state index < -0.39 is 11.7 Å². The number of nitrogens with zero attached hydrogens (tertiary/aromatic N) is 2. The summed E-state index contributed by atoms with van der Waals surface area (Å²) in [4.78, 5) is 24.9. The van der Waals surface area contributed by atoms with Gasteiger partial charge in [0.1, 0.15) is 0 Å². The average molecular weight is 293 g/mol. The predicted octanol–water partition coefficient (Wildman–Crippen LogP) is 2.28. The van der Waals surface area contributed by atoms with Gasteiger partial charge >= 0.3 is 0 Å². The summed E-state index contributed by atoms with van der Waals surface area (Å²) >= 11 is 3.34. The molecule has 0 fully saturated rings. The monoisotopic (exact) mass is 292 g/mol. The van der Waals surface area contributed by atoms with Gasteiger partial charge in [0.2, 0.25) is 0 Å². The van der Waals surface area contributed by atoms with Crippen LogP contribution in [0.15, 0.2) is 22.7 Å². The number of hydrogen-bond donors (Lipinski definition) is 0. The van der Waals surface area contributed by atoms with Gasteiger partial charge in [-0.25, -0.2) is 0 Å². The third-order valence-corrected chi connectivity index (χ3v) is 3.25. The molecule has 4 nitrogen and oxygen atoms in total. The number of fused-ring (bicyclic) bond motifs is 1. The first-order valence-electron chi connectivity index (χ1n) is 5.18. The van der Waals surface area contributed by atoms with Crippen molar-refractivity contribution in [1.82, 2.24) is 0 Å². The van der Waals surface area contributed by atoms with Crippen molar-refractivity contribution in [2.45, 2.75) is 12.8 Å². The number of halogens is 1. The minimum atomic E-state index is -0.509. The van der Waals surface area contributed by atoms with E-state index in [-0.39, 0.29) is 0 Å². The normalized spacial score (nSPS) is 13.8. The van der Waals surface area contributed by atoms with Crippen LogP contribution in [-0.2, 0) is 4.79 Å². The van der Waals surface area contributed by atoms with Crippen molar-refractivity contribution in [3.8, 4) is 6.07 Å². The number of para-hydroxylation sites is 1. The largest absolute Gasteiger partial charge is 0.304 e. The van der Waals surface area contributed by atoms with Crippen LogP contribution in [0.2, 0.25) is 0 Å². The van der Waals surface area contributed by atoms with Gasteiger partial charge in [-0.05, 0) is 34.5 Å². The van der Waals surface area contributed by atoms with Gasteiger partial charge in [0.25, 0.3) is 11.7 Å². The molecule has 1 heterocycles. The molecule has 5 heteroatoms. The lowest BCUT2D eigenvalue weighted by Crippen LogP contribution is -2.30. The zero-order valence-electron chi connectivity index (χ0n) is 8.94. The van der Waals surface area contributed by atoms with Crippen molar-refractivity contribution in [1.29, 1.82) is 5.26 Å². The lowest BCUT2D eigenvalue weighted by Gasteiger charge is -2.16. The van der Waals surface area contributed by atoms with Crippen LogP contribution in [0.3, 0.4) is 0 Å². The van der Waals surface area contributed by atoms with Crippen LogP contribution in [0.25, 0.3) is 0 Å². The standard InChI is InChI=1S/C12H9BrN2O2/c13-9-5-3-4-8-10(9)15(7-2-1-6-14)12(17)11(8)16/h3-5H,1-2,7H2. The van der Waals surface area contributed by atoms with E-state index in [9.17, 15) is 9.59 Å². The molecular formula is C12H9BrN2O2. The second kappa shape index (κ2) is 4.68. The molecule has 1 amide bonds. The highest BCUT2D eigenvalue weighted by Crippen LogP contribution is 2.35. The van der Waals surface area contributed by atoms with E-state index in [4.69, 9.17) is 5.26 Å². The lowest BCUT2D eigenvalue weighted by atomic mass is 10.1.